The molecule has 4 heteroatoms. The van der Waals surface area contributed by atoms with E-state index in [9.17, 15) is 0 Å². The molecule has 1 rings (SSSR count). The van der Waals surface area contributed by atoms with Crippen molar-refractivity contribution in [2.24, 2.45) is 0 Å². The molecular weight excluding hydrogens is 218 g/mol. The van der Waals surface area contributed by atoms with Crippen LogP contribution in [0, 0.1) is 18.3 Å². The first kappa shape index (κ1) is 12.9. The van der Waals surface area contributed by atoms with Gasteiger partial charge >= 0.3 is 0 Å². The van der Waals surface area contributed by atoms with Crippen LogP contribution >= 0.6 is 11.8 Å². The maximum absolute atomic E-state index is 8.92. The molecule has 0 aliphatic heterocycles. The molecule has 0 unspecified atom stereocenters. The maximum atomic E-state index is 8.92. The molecule has 0 bridgehead atoms. The number of unbranched alkanes of at least 4 members (excludes halogenated alkanes) is 1. The van der Waals surface area contributed by atoms with E-state index in [0.717, 1.165) is 18.7 Å². The van der Waals surface area contributed by atoms with Crippen LogP contribution in [0.25, 0.3) is 0 Å². The van der Waals surface area contributed by atoms with Gasteiger partial charge < -0.3 is 5.32 Å². The fourth-order valence-corrected chi connectivity index (χ4v) is 1.85. The average Bonchev–Trinajstić information content (AvgIpc) is 2.29. The van der Waals surface area contributed by atoms with Gasteiger partial charge in [-0.1, -0.05) is 0 Å². The van der Waals surface area contributed by atoms with E-state index in [1.165, 1.54) is 12.2 Å². The predicted molar refractivity (Wildman–Crippen MR) is 69.8 cm³/mol. The van der Waals surface area contributed by atoms with Gasteiger partial charge in [0.05, 0.1) is 5.56 Å². The molecule has 0 aliphatic rings. The standard InChI is InChI=1S/C12H17N3S/c1-10-5-6-11(9-13)12(15-10)14-7-3-4-8-16-2/h5-6H,3-4,7-8H2,1-2H3,(H,14,15). The Morgan fingerprint density at radius 1 is 1.44 bits per heavy atom. The van der Waals surface area contributed by atoms with Crippen LogP contribution in [0.5, 0.6) is 0 Å². The first-order valence-electron chi connectivity index (χ1n) is 5.38. The first-order chi connectivity index (χ1) is 7.77. The summed E-state index contributed by atoms with van der Waals surface area (Å²) in [6.45, 7) is 2.81. The van der Waals surface area contributed by atoms with Crippen molar-refractivity contribution in [1.29, 1.82) is 5.26 Å². The minimum Gasteiger partial charge on any atom is -0.369 e. The summed E-state index contributed by atoms with van der Waals surface area (Å²) in [7, 11) is 0. The number of aromatic nitrogens is 1. The number of nitrogens with zero attached hydrogens (tertiary/aromatic N) is 2. The zero-order chi connectivity index (χ0) is 11.8. The zero-order valence-electron chi connectivity index (χ0n) is 9.79. The molecule has 1 heterocycles. The second-order valence-electron chi connectivity index (χ2n) is 3.59. The van der Waals surface area contributed by atoms with Gasteiger partial charge in [0.1, 0.15) is 11.9 Å². The summed E-state index contributed by atoms with van der Waals surface area (Å²) in [4.78, 5) is 4.32. The van der Waals surface area contributed by atoms with Gasteiger partial charge in [-0.05, 0) is 43.9 Å². The summed E-state index contributed by atoms with van der Waals surface area (Å²) >= 11 is 1.86. The largest absolute Gasteiger partial charge is 0.369 e. The van der Waals surface area contributed by atoms with Crippen molar-refractivity contribution in [2.75, 3.05) is 23.9 Å². The number of hydrogen-bond acceptors (Lipinski definition) is 4. The number of anilines is 1. The number of thioether (sulfide) groups is 1. The molecule has 1 aromatic heterocycles. The van der Waals surface area contributed by atoms with Gasteiger partial charge in [0, 0.05) is 12.2 Å². The van der Waals surface area contributed by atoms with E-state index < -0.39 is 0 Å². The minimum absolute atomic E-state index is 0.621. The van der Waals surface area contributed by atoms with E-state index in [4.69, 9.17) is 5.26 Å². The highest BCUT2D eigenvalue weighted by molar-refractivity contribution is 7.98. The third-order valence-corrected chi connectivity index (χ3v) is 2.92. The van der Waals surface area contributed by atoms with Gasteiger partial charge in [-0.3, -0.25) is 0 Å². The van der Waals surface area contributed by atoms with E-state index in [-0.39, 0.29) is 0 Å². The second kappa shape index (κ2) is 7.13. The van der Waals surface area contributed by atoms with Crippen LogP contribution in [0.3, 0.4) is 0 Å². The Morgan fingerprint density at radius 2 is 2.25 bits per heavy atom. The van der Waals surface area contributed by atoms with Crippen molar-refractivity contribution in [1.82, 2.24) is 4.98 Å². The Bertz CT molecular complexity index is 371. The van der Waals surface area contributed by atoms with Crippen LogP contribution in [-0.2, 0) is 0 Å². The van der Waals surface area contributed by atoms with Crippen molar-refractivity contribution in [3.63, 3.8) is 0 Å². The predicted octanol–water partition coefficient (Wildman–Crippen LogP) is 2.82. The molecule has 0 fully saturated rings. The lowest BCUT2D eigenvalue weighted by Gasteiger charge is -2.07. The van der Waals surface area contributed by atoms with E-state index >= 15 is 0 Å². The summed E-state index contributed by atoms with van der Waals surface area (Å²) < 4.78 is 0. The number of pyridine rings is 1. The Hall–Kier alpha value is -1.21. The lowest BCUT2D eigenvalue weighted by Crippen LogP contribution is -2.06. The van der Waals surface area contributed by atoms with Gasteiger partial charge in [-0.15, -0.1) is 0 Å². The molecule has 0 aromatic carbocycles. The molecule has 3 nitrogen and oxygen atoms in total. The summed E-state index contributed by atoms with van der Waals surface area (Å²) in [5, 5.41) is 12.1. The lowest BCUT2D eigenvalue weighted by molar-refractivity contribution is 0.838. The van der Waals surface area contributed by atoms with Crippen molar-refractivity contribution >= 4 is 17.6 Å². The molecule has 0 atom stereocenters. The number of rotatable bonds is 6. The number of nitriles is 1. The van der Waals surface area contributed by atoms with Crippen molar-refractivity contribution in [3.8, 4) is 6.07 Å². The van der Waals surface area contributed by atoms with Gasteiger partial charge in [0.25, 0.3) is 0 Å². The molecule has 0 saturated carbocycles. The third kappa shape index (κ3) is 4.11. The van der Waals surface area contributed by atoms with Crippen LogP contribution in [0.4, 0.5) is 5.82 Å². The molecule has 0 saturated heterocycles. The Balaban J connectivity index is 2.46. The number of nitrogens with one attached hydrogen (secondary N) is 1. The zero-order valence-corrected chi connectivity index (χ0v) is 10.6. The minimum atomic E-state index is 0.621. The summed E-state index contributed by atoms with van der Waals surface area (Å²) in [6, 6.07) is 5.82. The molecule has 0 radical (unpaired) electrons. The molecule has 0 amide bonds. The number of hydrogen-bond donors (Lipinski definition) is 1. The highest BCUT2D eigenvalue weighted by atomic mass is 32.2. The molecule has 16 heavy (non-hydrogen) atoms. The summed E-state index contributed by atoms with van der Waals surface area (Å²) in [5.41, 5.74) is 1.56. The first-order valence-corrected chi connectivity index (χ1v) is 6.78. The fourth-order valence-electron chi connectivity index (χ4n) is 1.36. The van der Waals surface area contributed by atoms with E-state index in [0.29, 0.717) is 11.4 Å². The smallest absolute Gasteiger partial charge is 0.144 e. The molecular formula is C12H17N3S. The van der Waals surface area contributed by atoms with Crippen LogP contribution in [0.2, 0.25) is 0 Å². The quantitative estimate of drug-likeness (QED) is 0.770. The van der Waals surface area contributed by atoms with Crippen LogP contribution in [0.1, 0.15) is 24.1 Å². The van der Waals surface area contributed by atoms with Gasteiger partial charge in [0.2, 0.25) is 0 Å². The molecule has 86 valence electrons. The lowest BCUT2D eigenvalue weighted by atomic mass is 10.2. The second-order valence-corrected chi connectivity index (χ2v) is 4.57. The fraction of sp³-hybridized carbons (Fsp3) is 0.500. The molecule has 1 N–H and O–H groups in total. The average molecular weight is 235 g/mol. The highest BCUT2D eigenvalue weighted by Crippen LogP contribution is 2.12. The van der Waals surface area contributed by atoms with Gasteiger partial charge in [0.15, 0.2) is 0 Å². The van der Waals surface area contributed by atoms with E-state index in [2.05, 4.69) is 22.6 Å². The molecule has 0 spiro atoms. The van der Waals surface area contributed by atoms with Crippen LogP contribution in [0.15, 0.2) is 12.1 Å². The Morgan fingerprint density at radius 3 is 2.94 bits per heavy atom. The van der Waals surface area contributed by atoms with Crippen molar-refractivity contribution < 1.29 is 0 Å². The summed E-state index contributed by atoms with van der Waals surface area (Å²) in [5.74, 6) is 1.90. The van der Waals surface area contributed by atoms with Crippen molar-refractivity contribution in [2.45, 2.75) is 19.8 Å². The van der Waals surface area contributed by atoms with E-state index in [1.54, 1.807) is 0 Å². The van der Waals surface area contributed by atoms with Gasteiger partial charge in [-0.25, -0.2) is 4.98 Å². The summed E-state index contributed by atoms with van der Waals surface area (Å²) in [6.07, 6.45) is 4.42. The third-order valence-electron chi connectivity index (χ3n) is 2.22. The molecule has 0 aliphatic carbocycles. The van der Waals surface area contributed by atoms with Crippen molar-refractivity contribution in [3.05, 3.63) is 23.4 Å². The maximum Gasteiger partial charge on any atom is 0.144 e. The Kier molecular flexibility index (Phi) is 5.73. The van der Waals surface area contributed by atoms with Gasteiger partial charge in [-0.2, -0.15) is 17.0 Å². The van der Waals surface area contributed by atoms with Crippen LogP contribution < -0.4 is 5.32 Å². The highest BCUT2D eigenvalue weighted by Gasteiger charge is 2.02. The topological polar surface area (TPSA) is 48.7 Å². The normalized spacial score (nSPS) is 9.81. The van der Waals surface area contributed by atoms with E-state index in [1.807, 2.05) is 30.8 Å². The van der Waals surface area contributed by atoms with Crippen LogP contribution in [-0.4, -0.2) is 23.5 Å². The molecule has 1 aromatic rings. The Labute approximate surface area is 101 Å². The SMILES string of the molecule is CSCCCCNc1nc(C)ccc1C#N. The number of aryl methyl sites for hydroxylation is 1. The monoisotopic (exact) mass is 235 g/mol.